The summed E-state index contributed by atoms with van der Waals surface area (Å²) in [5.74, 6) is 0. The van der Waals surface area contributed by atoms with E-state index < -0.39 is 0 Å². The minimum Gasteiger partial charge on any atom is -0.309 e. The minimum atomic E-state index is 1.15. The van der Waals surface area contributed by atoms with Crippen molar-refractivity contribution in [1.29, 1.82) is 0 Å². The number of hydrogen-bond donors (Lipinski definition) is 0. The van der Waals surface area contributed by atoms with Gasteiger partial charge in [0.25, 0.3) is 0 Å². The van der Waals surface area contributed by atoms with Crippen molar-refractivity contribution in [2.45, 2.75) is 0 Å². The molecule has 0 atom stereocenters. The van der Waals surface area contributed by atoms with Crippen LogP contribution in [0, 0.1) is 0 Å². The SMILES string of the molecule is c1ccc(-c2ccc(N(c3ccc4c(c3)sc3ccccc34)c3cccc4c3c3ccccc3n4-c3ccccc3)c3c2sc2ccccc23)cc1. The van der Waals surface area contributed by atoms with Crippen LogP contribution >= 0.6 is 22.7 Å². The van der Waals surface area contributed by atoms with Crippen LogP contribution in [0.3, 0.4) is 0 Å². The first kappa shape index (κ1) is 29.5. The van der Waals surface area contributed by atoms with Gasteiger partial charge in [0.15, 0.2) is 0 Å². The van der Waals surface area contributed by atoms with Crippen LogP contribution in [0.1, 0.15) is 0 Å². The van der Waals surface area contributed by atoms with Crippen molar-refractivity contribution >= 4 is 102 Å². The van der Waals surface area contributed by atoms with E-state index in [4.69, 9.17) is 0 Å². The van der Waals surface area contributed by atoms with E-state index in [9.17, 15) is 0 Å². The molecule has 0 radical (unpaired) electrons. The molecule has 0 spiro atoms. The first-order valence-corrected chi connectivity index (χ1v) is 19.2. The fourth-order valence-electron chi connectivity index (χ4n) is 8.15. The number of para-hydroxylation sites is 2. The predicted octanol–water partition coefficient (Wildman–Crippen LogP) is 14.7. The van der Waals surface area contributed by atoms with Gasteiger partial charge in [0.05, 0.1) is 22.4 Å². The van der Waals surface area contributed by atoms with Gasteiger partial charge in [-0.2, -0.15) is 0 Å². The topological polar surface area (TPSA) is 8.17 Å². The van der Waals surface area contributed by atoms with Gasteiger partial charge in [0.1, 0.15) is 0 Å². The third-order valence-corrected chi connectivity index (χ3v) is 12.7. The normalized spacial score (nSPS) is 11.8. The lowest BCUT2D eigenvalue weighted by atomic mass is 9.99. The van der Waals surface area contributed by atoms with Crippen molar-refractivity contribution in [2.75, 3.05) is 4.90 Å². The van der Waals surface area contributed by atoms with Gasteiger partial charge >= 0.3 is 0 Å². The molecule has 0 aliphatic carbocycles. The minimum absolute atomic E-state index is 1.15. The van der Waals surface area contributed by atoms with Gasteiger partial charge in [-0.15, -0.1) is 22.7 Å². The van der Waals surface area contributed by atoms with Gasteiger partial charge < -0.3 is 9.47 Å². The van der Waals surface area contributed by atoms with Gasteiger partial charge in [-0.25, -0.2) is 0 Å². The van der Waals surface area contributed by atoms with E-state index in [1.807, 2.05) is 22.7 Å². The monoisotopic (exact) mass is 698 g/mol. The average Bonchev–Trinajstić information content (AvgIpc) is 3.89. The maximum Gasteiger partial charge on any atom is 0.0562 e. The summed E-state index contributed by atoms with van der Waals surface area (Å²) in [4.78, 5) is 2.53. The van der Waals surface area contributed by atoms with Crippen molar-refractivity contribution in [3.05, 3.63) is 182 Å². The molecule has 244 valence electrons. The number of hydrogen-bond acceptors (Lipinski definition) is 3. The average molecular weight is 699 g/mol. The molecule has 11 aromatic rings. The number of rotatable bonds is 5. The van der Waals surface area contributed by atoms with Gasteiger partial charge in [-0.1, -0.05) is 121 Å². The molecule has 0 bridgehead atoms. The lowest BCUT2D eigenvalue weighted by molar-refractivity contribution is 1.18. The van der Waals surface area contributed by atoms with Crippen molar-refractivity contribution in [2.24, 2.45) is 0 Å². The van der Waals surface area contributed by atoms with Crippen LogP contribution in [0.15, 0.2) is 182 Å². The van der Waals surface area contributed by atoms with Crippen LogP contribution in [0.2, 0.25) is 0 Å². The quantitative estimate of drug-likeness (QED) is 0.174. The Hall–Kier alpha value is -6.20. The molecule has 3 aromatic heterocycles. The lowest BCUT2D eigenvalue weighted by Gasteiger charge is -2.28. The van der Waals surface area contributed by atoms with E-state index in [1.165, 1.54) is 79.0 Å². The van der Waals surface area contributed by atoms with E-state index in [0.29, 0.717) is 0 Å². The summed E-state index contributed by atoms with van der Waals surface area (Å²) >= 11 is 3.76. The van der Waals surface area contributed by atoms with Crippen molar-refractivity contribution in [1.82, 2.24) is 4.57 Å². The highest BCUT2D eigenvalue weighted by Gasteiger charge is 2.25. The Bertz CT molecular complexity index is 3120. The maximum absolute atomic E-state index is 2.53. The zero-order chi connectivity index (χ0) is 34.2. The molecular weight excluding hydrogens is 669 g/mol. The molecule has 0 amide bonds. The van der Waals surface area contributed by atoms with Crippen LogP contribution in [-0.2, 0) is 0 Å². The van der Waals surface area contributed by atoms with Crippen LogP contribution in [0.5, 0.6) is 0 Å². The van der Waals surface area contributed by atoms with Gasteiger partial charge in [-0.05, 0) is 71.8 Å². The van der Waals surface area contributed by atoms with E-state index in [-0.39, 0.29) is 0 Å². The summed E-state index contributed by atoms with van der Waals surface area (Å²) in [5, 5.41) is 7.64. The molecule has 0 unspecified atom stereocenters. The molecule has 11 rings (SSSR count). The highest BCUT2D eigenvalue weighted by Crippen LogP contribution is 2.51. The second kappa shape index (κ2) is 11.7. The molecule has 0 aliphatic heterocycles. The standard InChI is InChI=1S/C48H30N2S2/c1-3-14-31(15-4-1)34-28-29-42(47-38-20-9-12-25-44(38)52-48(34)47)50(33-26-27-36-35-18-8-11-24-43(35)51-45(36)30-33)41-23-13-22-40-46(41)37-19-7-10-21-39(37)49(40)32-16-5-2-6-17-32/h1-30H. The van der Waals surface area contributed by atoms with Crippen LogP contribution in [0.25, 0.3) is 79.0 Å². The molecule has 0 saturated carbocycles. The van der Waals surface area contributed by atoms with Crippen LogP contribution in [0.4, 0.5) is 17.1 Å². The zero-order valence-electron chi connectivity index (χ0n) is 28.0. The molecule has 0 aliphatic rings. The molecule has 3 heterocycles. The third-order valence-electron chi connectivity index (χ3n) is 10.4. The Balaban J connectivity index is 1.27. The van der Waals surface area contributed by atoms with Crippen LogP contribution in [-0.4, -0.2) is 4.57 Å². The first-order valence-electron chi connectivity index (χ1n) is 17.6. The van der Waals surface area contributed by atoms with Gasteiger partial charge in [0.2, 0.25) is 0 Å². The number of benzene rings is 8. The molecule has 4 heteroatoms. The van der Waals surface area contributed by atoms with E-state index in [0.717, 1.165) is 17.1 Å². The predicted molar refractivity (Wildman–Crippen MR) is 227 cm³/mol. The summed E-state index contributed by atoms with van der Waals surface area (Å²) in [6, 6.07) is 66.6. The summed E-state index contributed by atoms with van der Waals surface area (Å²) in [5.41, 5.74) is 9.52. The largest absolute Gasteiger partial charge is 0.309 e. The summed E-state index contributed by atoms with van der Waals surface area (Å²) < 4.78 is 7.61. The fraction of sp³-hybridized carbons (Fsp3) is 0. The number of nitrogens with zero attached hydrogens (tertiary/aromatic N) is 2. The Morgan fingerprint density at radius 2 is 1.04 bits per heavy atom. The Morgan fingerprint density at radius 1 is 0.404 bits per heavy atom. The third kappa shape index (κ3) is 4.42. The van der Waals surface area contributed by atoms with Crippen LogP contribution < -0.4 is 4.90 Å². The highest BCUT2D eigenvalue weighted by atomic mass is 32.1. The fourth-order valence-corrected chi connectivity index (χ4v) is 10.5. The Morgan fingerprint density at radius 3 is 1.87 bits per heavy atom. The van der Waals surface area contributed by atoms with Crippen molar-refractivity contribution in [3.8, 4) is 16.8 Å². The highest BCUT2D eigenvalue weighted by molar-refractivity contribution is 7.26. The Labute approximate surface area is 308 Å². The first-order chi connectivity index (χ1) is 25.8. The van der Waals surface area contributed by atoms with Crippen molar-refractivity contribution in [3.63, 3.8) is 0 Å². The van der Waals surface area contributed by atoms with Gasteiger partial charge in [-0.3, -0.25) is 0 Å². The van der Waals surface area contributed by atoms with E-state index in [2.05, 4.69) is 191 Å². The molecule has 0 saturated heterocycles. The molecule has 8 aromatic carbocycles. The molecule has 2 nitrogen and oxygen atoms in total. The summed E-state index contributed by atoms with van der Waals surface area (Å²) in [7, 11) is 0. The lowest BCUT2D eigenvalue weighted by Crippen LogP contribution is -2.11. The molecule has 0 N–H and O–H groups in total. The molecule has 0 fully saturated rings. The number of fused-ring (bicyclic) bond motifs is 9. The van der Waals surface area contributed by atoms with E-state index in [1.54, 1.807) is 0 Å². The molecule has 52 heavy (non-hydrogen) atoms. The summed E-state index contributed by atoms with van der Waals surface area (Å²) in [6.45, 7) is 0. The second-order valence-electron chi connectivity index (χ2n) is 13.3. The van der Waals surface area contributed by atoms with Crippen molar-refractivity contribution < 1.29 is 0 Å². The van der Waals surface area contributed by atoms with Gasteiger partial charge in [0, 0.05) is 62.5 Å². The number of anilines is 3. The zero-order valence-corrected chi connectivity index (χ0v) is 29.7. The smallest absolute Gasteiger partial charge is 0.0562 e. The second-order valence-corrected chi connectivity index (χ2v) is 15.4. The Kier molecular flexibility index (Phi) is 6.63. The number of aromatic nitrogens is 1. The number of thiophene rings is 2. The summed E-state index contributed by atoms with van der Waals surface area (Å²) in [6.07, 6.45) is 0. The van der Waals surface area contributed by atoms with E-state index >= 15 is 0 Å². The maximum atomic E-state index is 2.53. The molecular formula is C48H30N2S2.